The molecular weight excluding hydrogens is 584 g/mol. The Morgan fingerprint density at radius 3 is 2.56 bits per heavy atom. The van der Waals surface area contributed by atoms with Crippen molar-refractivity contribution in [2.75, 3.05) is 50.0 Å². The number of ether oxygens (including phenoxy) is 1. The molecule has 1 amide bonds. The predicted molar refractivity (Wildman–Crippen MR) is 185 cm³/mol. The first-order chi connectivity index (χ1) is 21.4. The molecule has 0 saturated carbocycles. The minimum Gasteiger partial charge on any atom is -0.379 e. The summed E-state index contributed by atoms with van der Waals surface area (Å²) < 4.78 is 7.21. The average molecular weight is 633 g/mol. The van der Waals surface area contributed by atoms with Gasteiger partial charge >= 0.3 is 0 Å². The second-order valence-electron chi connectivity index (χ2n) is 12.5. The van der Waals surface area contributed by atoms with E-state index in [9.17, 15) is 4.79 Å². The SMILES string of the molecule is CC/C(C)=C(\NC(=O)c1ccc(C)c(Nc2cc(C)nn2-c2cc(NCCN3CCOCC3)ncn2)c1)S/C=C(\C)C(C)(C)C. The Hall–Kier alpha value is -3.67. The standard InChI is InChI=1S/C34H48N8O2S/c1-9-23(2)33(45-21-25(4)34(6,7)8)39-32(43)27-11-10-24(3)28(19-27)38-31-18-26(5)40-42(31)30-20-29(36-22-37-30)35-12-13-41-14-16-44-17-15-41/h10-11,18-22,38H,9,12-17H2,1-8H3,(H,39,43)(H,35,36,37)/b25-21+,33-23+. The zero-order valence-electron chi connectivity index (χ0n) is 28.0. The summed E-state index contributed by atoms with van der Waals surface area (Å²) in [6.07, 6.45) is 2.40. The van der Waals surface area contributed by atoms with Crippen LogP contribution in [0.15, 0.2) is 58.2 Å². The van der Waals surface area contributed by atoms with Gasteiger partial charge in [0, 0.05) is 49.6 Å². The molecule has 2 aromatic heterocycles. The number of nitrogens with zero attached hydrogens (tertiary/aromatic N) is 5. The summed E-state index contributed by atoms with van der Waals surface area (Å²) in [5, 5.41) is 17.8. The Balaban J connectivity index is 1.50. The van der Waals surface area contributed by atoms with E-state index in [1.807, 2.05) is 44.2 Å². The van der Waals surface area contributed by atoms with Crippen LogP contribution in [-0.2, 0) is 4.74 Å². The Morgan fingerprint density at radius 1 is 1.09 bits per heavy atom. The van der Waals surface area contributed by atoms with Gasteiger partial charge in [0.15, 0.2) is 5.82 Å². The number of hydrogen-bond donors (Lipinski definition) is 3. The summed E-state index contributed by atoms with van der Waals surface area (Å²) in [6, 6.07) is 9.56. The third-order valence-electron chi connectivity index (χ3n) is 7.98. The number of aryl methyl sites for hydroxylation is 2. The van der Waals surface area contributed by atoms with Gasteiger partial charge < -0.3 is 20.7 Å². The van der Waals surface area contributed by atoms with E-state index in [0.29, 0.717) is 11.4 Å². The van der Waals surface area contributed by atoms with Crippen molar-refractivity contribution in [1.29, 1.82) is 0 Å². The van der Waals surface area contributed by atoms with Crippen LogP contribution in [0.2, 0.25) is 0 Å². The average Bonchev–Trinajstić information content (AvgIpc) is 3.39. The van der Waals surface area contributed by atoms with Crippen molar-refractivity contribution in [3.8, 4) is 5.82 Å². The van der Waals surface area contributed by atoms with Crippen molar-refractivity contribution in [3.63, 3.8) is 0 Å². The number of thioether (sulfide) groups is 1. The molecule has 1 aliphatic rings. The summed E-state index contributed by atoms with van der Waals surface area (Å²) in [5.74, 6) is 1.97. The van der Waals surface area contributed by atoms with Crippen LogP contribution in [0, 0.1) is 19.3 Å². The molecule has 4 rings (SSSR count). The van der Waals surface area contributed by atoms with Crippen molar-refractivity contribution < 1.29 is 9.53 Å². The van der Waals surface area contributed by atoms with Gasteiger partial charge in [0.2, 0.25) is 0 Å². The van der Waals surface area contributed by atoms with Crippen molar-refractivity contribution in [2.45, 2.75) is 61.8 Å². The summed E-state index contributed by atoms with van der Waals surface area (Å²) in [7, 11) is 0. The highest BCUT2D eigenvalue weighted by Crippen LogP contribution is 2.31. The quantitative estimate of drug-likeness (QED) is 0.198. The van der Waals surface area contributed by atoms with Crippen LogP contribution < -0.4 is 16.0 Å². The molecule has 0 bridgehead atoms. The number of anilines is 3. The lowest BCUT2D eigenvalue weighted by Crippen LogP contribution is -2.39. The highest BCUT2D eigenvalue weighted by molar-refractivity contribution is 8.05. The first-order valence-corrected chi connectivity index (χ1v) is 16.5. The second-order valence-corrected chi connectivity index (χ2v) is 13.3. The van der Waals surface area contributed by atoms with E-state index < -0.39 is 0 Å². The van der Waals surface area contributed by atoms with Crippen LogP contribution in [0.5, 0.6) is 0 Å². The van der Waals surface area contributed by atoms with Crippen molar-refractivity contribution in [1.82, 2.24) is 30.0 Å². The van der Waals surface area contributed by atoms with Gasteiger partial charge in [-0.15, -0.1) is 0 Å². The smallest absolute Gasteiger partial charge is 0.256 e. The van der Waals surface area contributed by atoms with E-state index in [2.05, 4.69) is 77.8 Å². The van der Waals surface area contributed by atoms with Gasteiger partial charge in [0.25, 0.3) is 5.91 Å². The number of carbonyl (C=O) groups is 1. The lowest BCUT2D eigenvalue weighted by atomic mass is 9.89. The lowest BCUT2D eigenvalue weighted by molar-refractivity contribution is 0.0398. The van der Waals surface area contributed by atoms with Gasteiger partial charge in [-0.2, -0.15) is 9.78 Å². The number of rotatable bonds is 12. The fourth-order valence-electron chi connectivity index (χ4n) is 4.42. The zero-order valence-corrected chi connectivity index (χ0v) is 28.8. The van der Waals surface area contributed by atoms with E-state index in [0.717, 1.165) is 85.0 Å². The van der Waals surface area contributed by atoms with Crippen molar-refractivity contribution in [3.05, 3.63) is 75.1 Å². The topological polar surface area (TPSA) is 109 Å². The maximum atomic E-state index is 13.5. The second kappa shape index (κ2) is 15.6. The summed E-state index contributed by atoms with van der Waals surface area (Å²) >= 11 is 1.57. The summed E-state index contributed by atoms with van der Waals surface area (Å²) in [5.41, 5.74) is 5.69. The van der Waals surface area contributed by atoms with Gasteiger partial charge in [-0.1, -0.05) is 51.1 Å². The molecule has 3 N–H and O–H groups in total. The number of nitrogens with one attached hydrogen (secondary N) is 3. The van der Waals surface area contributed by atoms with E-state index in [1.165, 1.54) is 5.57 Å². The molecule has 10 nitrogen and oxygen atoms in total. The number of allylic oxidation sites excluding steroid dienone is 2. The minimum absolute atomic E-state index is 0.0670. The Morgan fingerprint density at radius 2 is 1.84 bits per heavy atom. The van der Waals surface area contributed by atoms with Crippen LogP contribution in [-0.4, -0.2) is 69.9 Å². The molecule has 3 aromatic rings. The maximum Gasteiger partial charge on any atom is 0.256 e. The van der Waals surface area contributed by atoms with E-state index >= 15 is 0 Å². The summed E-state index contributed by atoms with van der Waals surface area (Å²) in [4.78, 5) is 24.8. The number of aromatic nitrogens is 4. The number of hydrogen-bond acceptors (Lipinski definition) is 9. The number of benzene rings is 1. The molecule has 45 heavy (non-hydrogen) atoms. The molecule has 11 heteroatoms. The Kier molecular flexibility index (Phi) is 11.8. The van der Waals surface area contributed by atoms with Crippen molar-refractivity contribution in [2.24, 2.45) is 5.41 Å². The molecule has 1 fully saturated rings. The van der Waals surface area contributed by atoms with Gasteiger partial charge in [0.1, 0.15) is 18.0 Å². The number of morpholine rings is 1. The molecule has 3 heterocycles. The van der Waals surface area contributed by atoms with Crippen LogP contribution in [0.1, 0.15) is 69.6 Å². The van der Waals surface area contributed by atoms with E-state index in [-0.39, 0.29) is 11.3 Å². The lowest BCUT2D eigenvalue weighted by Gasteiger charge is -2.26. The Labute approximate surface area is 272 Å². The van der Waals surface area contributed by atoms with Crippen molar-refractivity contribution >= 4 is 35.0 Å². The highest BCUT2D eigenvalue weighted by Gasteiger charge is 2.17. The van der Waals surface area contributed by atoms with Gasteiger partial charge in [0.05, 0.1) is 23.9 Å². The molecular formula is C34H48N8O2S. The van der Waals surface area contributed by atoms with Gasteiger partial charge in [-0.05, 0) is 68.2 Å². The first kappa shape index (κ1) is 34.2. The van der Waals surface area contributed by atoms with E-state index in [1.54, 1.807) is 22.8 Å². The molecule has 0 unspecified atom stereocenters. The molecule has 0 aliphatic carbocycles. The molecule has 0 spiro atoms. The zero-order chi connectivity index (χ0) is 32.6. The van der Waals surface area contributed by atoms with Crippen LogP contribution in [0.3, 0.4) is 0 Å². The molecule has 0 radical (unpaired) electrons. The third-order valence-corrected chi connectivity index (χ3v) is 9.14. The monoisotopic (exact) mass is 632 g/mol. The molecule has 1 aromatic carbocycles. The van der Waals surface area contributed by atoms with E-state index in [4.69, 9.17) is 9.84 Å². The predicted octanol–water partition coefficient (Wildman–Crippen LogP) is 6.82. The largest absolute Gasteiger partial charge is 0.379 e. The molecule has 1 aliphatic heterocycles. The minimum atomic E-state index is -0.150. The van der Waals surface area contributed by atoms with Gasteiger partial charge in [-0.3, -0.25) is 9.69 Å². The van der Waals surface area contributed by atoms with Crippen LogP contribution in [0.4, 0.5) is 17.3 Å². The fourth-order valence-corrected chi connectivity index (χ4v) is 5.57. The number of carbonyl (C=O) groups excluding carboxylic acids is 1. The molecule has 242 valence electrons. The Bertz CT molecular complexity index is 1530. The first-order valence-electron chi connectivity index (χ1n) is 15.6. The molecule has 0 atom stereocenters. The maximum absolute atomic E-state index is 13.5. The fraction of sp³-hybridized carbons (Fsp3) is 0.471. The van der Waals surface area contributed by atoms with Gasteiger partial charge in [-0.25, -0.2) is 9.97 Å². The molecule has 1 saturated heterocycles. The normalized spacial score (nSPS) is 15.1. The third kappa shape index (κ3) is 9.66. The van der Waals surface area contributed by atoms with Crippen LogP contribution in [0.25, 0.3) is 5.82 Å². The van der Waals surface area contributed by atoms with Crippen LogP contribution >= 0.6 is 11.8 Å². The highest BCUT2D eigenvalue weighted by atomic mass is 32.2. The summed E-state index contributed by atoms with van der Waals surface area (Å²) in [6.45, 7) is 22.0. The number of amides is 1.